The van der Waals surface area contributed by atoms with Crippen molar-refractivity contribution in [2.24, 2.45) is 0 Å². The molecular formula is C17H25NO2. The topological polar surface area (TPSA) is 29.5 Å². The number of carbonyl (C=O) groups excluding carboxylic acids is 1. The maximum Gasteiger partial charge on any atom is 0.247 e. The van der Waals surface area contributed by atoms with Gasteiger partial charge in [0.05, 0.1) is 7.11 Å². The average molecular weight is 275 g/mol. The highest BCUT2D eigenvalue weighted by atomic mass is 16.5. The SMILES string of the molecule is COc1ccc(C)cc1C=CC(=O)N(C(C)C)C(C)C. The van der Waals surface area contributed by atoms with E-state index in [0.717, 1.165) is 16.9 Å². The van der Waals surface area contributed by atoms with Gasteiger partial charge in [-0.2, -0.15) is 0 Å². The van der Waals surface area contributed by atoms with Gasteiger partial charge in [0.2, 0.25) is 5.91 Å². The van der Waals surface area contributed by atoms with Gasteiger partial charge in [0.1, 0.15) is 5.75 Å². The molecule has 0 saturated heterocycles. The van der Waals surface area contributed by atoms with Gasteiger partial charge in [0, 0.05) is 23.7 Å². The highest BCUT2D eigenvalue weighted by Gasteiger charge is 2.17. The van der Waals surface area contributed by atoms with E-state index in [2.05, 4.69) is 0 Å². The third-order valence-electron chi connectivity index (χ3n) is 3.16. The average Bonchev–Trinajstić information content (AvgIpc) is 2.35. The van der Waals surface area contributed by atoms with E-state index in [1.807, 2.05) is 63.8 Å². The van der Waals surface area contributed by atoms with Crippen molar-refractivity contribution in [3.05, 3.63) is 35.4 Å². The fourth-order valence-corrected chi connectivity index (χ4v) is 2.34. The Hall–Kier alpha value is -1.77. The van der Waals surface area contributed by atoms with Crippen molar-refractivity contribution in [3.8, 4) is 5.75 Å². The normalized spacial score (nSPS) is 11.4. The number of hydrogen-bond acceptors (Lipinski definition) is 2. The van der Waals surface area contributed by atoms with Crippen molar-refractivity contribution < 1.29 is 9.53 Å². The highest BCUT2D eigenvalue weighted by Crippen LogP contribution is 2.21. The number of amides is 1. The van der Waals surface area contributed by atoms with Gasteiger partial charge in [-0.25, -0.2) is 0 Å². The third kappa shape index (κ3) is 4.12. The molecule has 110 valence electrons. The maximum absolute atomic E-state index is 12.3. The molecule has 3 nitrogen and oxygen atoms in total. The van der Waals surface area contributed by atoms with Crippen LogP contribution in [0.25, 0.3) is 6.08 Å². The second-order valence-electron chi connectivity index (χ2n) is 5.51. The van der Waals surface area contributed by atoms with E-state index >= 15 is 0 Å². The first kappa shape index (κ1) is 16.3. The molecular weight excluding hydrogens is 250 g/mol. The summed E-state index contributed by atoms with van der Waals surface area (Å²) in [5, 5.41) is 0. The van der Waals surface area contributed by atoms with Crippen LogP contribution in [0.15, 0.2) is 24.3 Å². The Morgan fingerprint density at radius 3 is 2.30 bits per heavy atom. The molecule has 1 aromatic rings. The van der Waals surface area contributed by atoms with E-state index in [-0.39, 0.29) is 18.0 Å². The molecule has 1 rings (SSSR count). The number of hydrogen-bond donors (Lipinski definition) is 0. The fraction of sp³-hybridized carbons (Fsp3) is 0.471. The molecule has 0 aliphatic carbocycles. The molecule has 0 radical (unpaired) electrons. The maximum atomic E-state index is 12.3. The molecule has 0 aromatic heterocycles. The second-order valence-corrected chi connectivity index (χ2v) is 5.51. The summed E-state index contributed by atoms with van der Waals surface area (Å²) in [4.78, 5) is 14.1. The van der Waals surface area contributed by atoms with Crippen molar-refractivity contribution in [1.82, 2.24) is 4.90 Å². The monoisotopic (exact) mass is 275 g/mol. The van der Waals surface area contributed by atoms with Gasteiger partial charge in [-0.3, -0.25) is 4.79 Å². The number of rotatable bonds is 5. The summed E-state index contributed by atoms with van der Waals surface area (Å²) >= 11 is 0. The molecule has 0 fully saturated rings. The second kappa shape index (κ2) is 7.13. The van der Waals surface area contributed by atoms with Crippen molar-refractivity contribution >= 4 is 12.0 Å². The Kier molecular flexibility index (Phi) is 5.81. The number of nitrogens with zero attached hydrogens (tertiary/aromatic N) is 1. The van der Waals surface area contributed by atoms with Crippen LogP contribution in [0.3, 0.4) is 0 Å². The fourth-order valence-electron chi connectivity index (χ4n) is 2.34. The molecule has 20 heavy (non-hydrogen) atoms. The van der Waals surface area contributed by atoms with Gasteiger partial charge >= 0.3 is 0 Å². The third-order valence-corrected chi connectivity index (χ3v) is 3.16. The van der Waals surface area contributed by atoms with Gasteiger partial charge in [-0.05, 0) is 52.8 Å². The molecule has 0 saturated carbocycles. The number of methoxy groups -OCH3 is 1. The lowest BCUT2D eigenvalue weighted by molar-refractivity contribution is -0.129. The first-order valence-corrected chi connectivity index (χ1v) is 7.01. The van der Waals surface area contributed by atoms with Gasteiger partial charge in [0.25, 0.3) is 0 Å². The van der Waals surface area contributed by atoms with Gasteiger partial charge in [-0.1, -0.05) is 11.6 Å². The lowest BCUT2D eigenvalue weighted by Crippen LogP contribution is -2.41. The van der Waals surface area contributed by atoms with E-state index in [1.165, 1.54) is 0 Å². The van der Waals surface area contributed by atoms with Crippen molar-refractivity contribution in [3.63, 3.8) is 0 Å². The minimum absolute atomic E-state index is 0.0264. The Balaban J connectivity index is 2.97. The minimum atomic E-state index is 0.0264. The number of carbonyl (C=O) groups is 1. The van der Waals surface area contributed by atoms with E-state index in [1.54, 1.807) is 13.2 Å². The molecule has 0 aliphatic rings. The molecule has 3 heteroatoms. The van der Waals surface area contributed by atoms with E-state index in [9.17, 15) is 4.79 Å². The first-order chi connectivity index (χ1) is 9.36. The van der Waals surface area contributed by atoms with Crippen LogP contribution in [-0.2, 0) is 4.79 Å². The molecule has 0 unspecified atom stereocenters. The molecule has 0 atom stereocenters. The summed E-state index contributed by atoms with van der Waals surface area (Å²) in [5.74, 6) is 0.804. The summed E-state index contributed by atoms with van der Waals surface area (Å²) < 4.78 is 5.31. The van der Waals surface area contributed by atoms with Crippen LogP contribution in [0.2, 0.25) is 0 Å². The van der Waals surface area contributed by atoms with Crippen LogP contribution in [0.5, 0.6) is 5.75 Å². The molecule has 1 aromatic carbocycles. The molecule has 0 aliphatic heterocycles. The van der Waals surface area contributed by atoms with Crippen LogP contribution >= 0.6 is 0 Å². The zero-order valence-corrected chi connectivity index (χ0v) is 13.3. The Labute approximate surface area is 122 Å². The number of benzene rings is 1. The van der Waals surface area contributed by atoms with Crippen LogP contribution in [0.1, 0.15) is 38.8 Å². The molecule has 0 heterocycles. The zero-order chi connectivity index (χ0) is 15.3. The quantitative estimate of drug-likeness (QED) is 0.767. The van der Waals surface area contributed by atoms with Gasteiger partial charge in [-0.15, -0.1) is 0 Å². The number of aryl methyl sites for hydroxylation is 1. The van der Waals surface area contributed by atoms with Gasteiger partial charge < -0.3 is 9.64 Å². The van der Waals surface area contributed by atoms with Crippen LogP contribution < -0.4 is 4.74 Å². The van der Waals surface area contributed by atoms with Crippen LogP contribution in [0, 0.1) is 6.92 Å². The van der Waals surface area contributed by atoms with E-state index < -0.39 is 0 Å². The first-order valence-electron chi connectivity index (χ1n) is 7.01. The Bertz CT molecular complexity index is 482. The molecule has 0 bridgehead atoms. The summed E-state index contributed by atoms with van der Waals surface area (Å²) in [6, 6.07) is 6.30. The van der Waals surface area contributed by atoms with Crippen LogP contribution in [-0.4, -0.2) is 30.0 Å². The summed E-state index contributed by atoms with van der Waals surface area (Å²) in [7, 11) is 1.64. The zero-order valence-electron chi connectivity index (χ0n) is 13.3. The summed E-state index contributed by atoms with van der Waals surface area (Å²) in [5.41, 5.74) is 2.07. The molecule has 0 spiro atoms. The van der Waals surface area contributed by atoms with Crippen molar-refractivity contribution in [1.29, 1.82) is 0 Å². The predicted octanol–water partition coefficient (Wildman–Crippen LogP) is 3.66. The Morgan fingerprint density at radius 1 is 1.20 bits per heavy atom. The van der Waals surface area contributed by atoms with Crippen LogP contribution in [0.4, 0.5) is 0 Å². The van der Waals surface area contributed by atoms with Crippen molar-refractivity contribution in [2.75, 3.05) is 7.11 Å². The smallest absolute Gasteiger partial charge is 0.247 e. The lowest BCUT2D eigenvalue weighted by Gasteiger charge is -2.29. The summed E-state index contributed by atoms with van der Waals surface area (Å²) in [6.45, 7) is 10.1. The van der Waals surface area contributed by atoms with E-state index in [4.69, 9.17) is 4.74 Å². The predicted molar refractivity (Wildman–Crippen MR) is 83.9 cm³/mol. The minimum Gasteiger partial charge on any atom is -0.496 e. The van der Waals surface area contributed by atoms with Gasteiger partial charge in [0.15, 0.2) is 0 Å². The van der Waals surface area contributed by atoms with E-state index in [0.29, 0.717) is 0 Å². The van der Waals surface area contributed by atoms with Crippen molar-refractivity contribution in [2.45, 2.75) is 46.7 Å². The standard InChI is InChI=1S/C17H25NO2/c1-12(2)18(13(3)4)17(19)10-8-15-11-14(5)7-9-16(15)20-6/h7-13H,1-6H3. The lowest BCUT2D eigenvalue weighted by atomic mass is 10.1. The number of ether oxygens (including phenoxy) is 1. The largest absolute Gasteiger partial charge is 0.496 e. The molecule has 1 amide bonds. The summed E-state index contributed by atoms with van der Waals surface area (Å²) in [6.07, 6.45) is 3.45. The highest BCUT2D eigenvalue weighted by molar-refractivity contribution is 5.92. The molecule has 0 N–H and O–H groups in total. The Morgan fingerprint density at radius 2 is 1.80 bits per heavy atom.